The highest BCUT2D eigenvalue weighted by atomic mass is 79.9. The van der Waals surface area contributed by atoms with Crippen LogP contribution in [-0.2, 0) is 13.1 Å². The fraction of sp³-hybridized carbons (Fsp3) is 0.400. The lowest BCUT2D eigenvalue weighted by Gasteiger charge is -2.02. The van der Waals surface area contributed by atoms with Crippen molar-refractivity contribution in [2.45, 2.75) is 20.0 Å². The monoisotopic (exact) mass is 300 g/mol. The van der Waals surface area contributed by atoms with Gasteiger partial charge in [-0.15, -0.1) is 16.4 Å². The summed E-state index contributed by atoms with van der Waals surface area (Å²) in [5.74, 6) is 0. The van der Waals surface area contributed by atoms with Gasteiger partial charge in [-0.1, -0.05) is 5.21 Å². The summed E-state index contributed by atoms with van der Waals surface area (Å²) in [7, 11) is 0. The summed E-state index contributed by atoms with van der Waals surface area (Å²) in [5.41, 5.74) is 1.30. The average molecular weight is 301 g/mol. The molecule has 1 N–H and O–H groups in total. The summed E-state index contributed by atoms with van der Waals surface area (Å²) >= 11 is 5.31. The smallest absolute Gasteiger partial charge is 0.0730 e. The van der Waals surface area contributed by atoms with Crippen molar-refractivity contribution < 1.29 is 0 Å². The molecule has 0 unspecified atom stereocenters. The number of hydrogen-bond acceptors (Lipinski definition) is 4. The highest BCUT2D eigenvalue weighted by Gasteiger charge is 2.01. The van der Waals surface area contributed by atoms with Crippen molar-refractivity contribution in [2.24, 2.45) is 0 Å². The number of aryl methyl sites for hydroxylation is 1. The Hall–Kier alpha value is -0.720. The van der Waals surface area contributed by atoms with Gasteiger partial charge in [0.15, 0.2) is 0 Å². The molecule has 0 aromatic carbocycles. The lowest BCUT2D eigenvalue weighted by molar-refractivity contribution is 0.542. The summed E-state index contributed by atoms with van der Waals surface area (Å²) in [6.45, 7) is 4.77. The van der Waals surface area contributed by atoms with E-state index >= 15 is 0 Å². The second-order valence-corrected chi connectivity index (χ2v) is 5.97. The van der Waals surface area contributed by atoms with Crippen molar-refractivity contribution in [3.05, 3.63) is 32.7 Å². The number of aromatic nitrogens is 3. The summed E-state index contributed by atoms with van der Waals surface area (Å²) in [6.07, 6.45) is 3.56. The molecule has 2 rings (SSSR count). The molecule has 86 valence electrons. The van der Waals surface area contributed by atoms with Crippen molar-refractivity contribution in [2.75, 3.05) is 6.54 Å². The molecule has 6 heteroatoms. The third-order valence-corrected chi connectivity index (χ3v) is 4.33. The molecule has 0 aliphatic heterocycles. The first-order valence-electron chi connectivity index (χ1n) is 5.05. The van der Waals surface area contributed by atoms with E-state index in [9.17, 15) is 0 Å². The van der Waals surface area contributed by atoms with E-state index in [1.807, 2.05) is 10.9 Å². The highest BCUT2D eigenvalue weighted by molar-refractivity contribution is 9.11. The second kappa shape index (κ2) is 5.56. The van der Waals surface area contributed by atoms with E-state index in [0.29, 0.717) is 0 Å². The normalized spacial score (nSPS) is 10.9. The lowest BCUT2D eigenvalue weighted by Crippen LogP contribution is -2.19. The van der Waals surface area contributed by atoms with Gasteiger partial charge in [0, 0.05) is 24.2 Å². The van der Waals surface area contributed by atoms with Crippen molar-refractivity contribution in [3.8, 4) is 0 Å². The number of nitrogens with zero attached hydrogens (tertiary/aromatic N) is 3. The molecule has 0 fully saturated rings. The lowest BCUT2D eigenvalue weighted by atomic mass is 10.3. The van der Waals surface area contributed by atoms with Gasteiger partial charge in [-0.3, -0.25) is 4.68 Å². The zero-order chi connectivity index (χ0) is 11.4. The quantitative estimate of drug-likeness (QED) is 0.861. The predicted octanol–water partition coefficient (Wildman–Crippen LogP) is 2.20. The van der Waals surface area contributed by atoms with Crippen LogP contribution in [0.3, 0.4) is 0 Å². The van der Waals surface area contributed by atoms with Crippen LogP contribution in [0.2, 0.25) is 0 Å². The Morgan fingerprint density at radius 3 is 3.06 bits per heavy atom. The number of hydrogen-bond donors (Lipinski definition) is 1. The maximum absolute atomic E-state index is 3.90. The van der Waals surface area contributed by atoms with E-state index in [1.165, 1.54) is 14.2 Å². The fourth-order valence-electron chi connectivity index (χ4n) is 1.37. The predicted molar refractivity (Wildman–Crippen MR) is 68.5 cm³/mol. The van der Waals surface area contributed by atoms with Gasteiger partial charge in [0.1, 0.15) is 0 Å². The van der Waals surface area contributed by atoms with Gasteiger partial charge >= 0.3 is 0 Å². The van der Waals surface area contributed by atoms with Crippen molar-refractivity contribution in [3.63, 3.8) is 0 Å². The standard InChI is InChI=1S/C10H13BrN4S/c1-8-6-9(16-10(8)11)7-12-2-4-15-5-3-13-14-15/h3,5-6,12H,2,4,7H2,1H3. The van der Waals surface area contributed by atoms with Crippen LogP contribution < -0.4 is 5.32 Å². The molecule has 0 spiro atoms. The van der Waals surface area contributed by atoms with Gasteiger partial charge in [-0.05, 0) is 34.5 Å². The first kappa shape index (κ1) is 11.8. The molecule has 0 aliphatic carbocycles. The molecule has 4 nitrogen and oxygen atoms in total. The average Bonchev–Trinajstić information content (AvgIpc) is 2.85. The number of halogens is 1. The Bertz CT molecular complexity index is 418. The first-order valence-corrected chi connectivity index (χ1v) is 6.66. The van der Waals surface area contributed by atoms with Gasteiger partial charge in [-0.2, -0.15) is 0 Å². The Balaban J connectivity index is 1.72. The number of thiophene rings is 1. The number of nitrogens with one attached hydrogen (secondary N) is 1. The largest absolute Gasteiger partial charge is 0.310 e. The molecular formula is C10H13BrN4S. The third-order valence-electron chi connectivity index (χ3n) is 2.20. The Kier molecular flexibility index (Phi) is 4.09. The molecule has 0 saturated carbocycles. The Morgan fingerprint density at radius 2 is 2.44 bits per heavy atom. The molecule has 0 radical (unpaired) electrons. The van der Waals surface area contributed by atoms with Gasteiger partial charge in [-0.25, -0.2) is 0 Å². The second-order valence-electron chi connectivity index (χ2n) is 3.51. The molecule has 2 aromatic rings. The molecule has 0 atom stereocenters. The minimum atomic E-state index is 0.853. The van der Waals surface area contributed by atoms with Gasteiger partial charge in [0.25, 0.3) is 0 Å². The topological polar surface area (TPSA) is 42.7 Å². The summed E-state index contributed by atoms with van der Waals surface area (Å²) < 4.78 is 3.04. The Morgan fingerprint density at radius 1 is 1.56 bits per heavy atom. The van der Waals surface area contributed by atoms with Crippen molar-refractivity contribution in [1.82, 2.24) is 20.3 Å². The van der Waals surface area contributed by atoms with Crippen molar-refractivity contribution in [1.29, 1.82) is 0 Å². The maximum Gasteiger partial charge on any atom is 0.0730 e. The van der Waals surface area contributed by atoms with E-state index in [4.69, 9.17) is 0 Å². The number of rotatable bonds is 5. The van der Waals surface area contributed by atoms with E-state index in [-0.39, 0.29) is 0 Å². The molecule has 0 amide bonds. The molecule has 0 aliphatic rings. The van der Waals surface area contributed by atoms with Crippen LogP contribution in [0.1, 0.15) is 10.4 Å². The molecular weight excluding hydrogens is 288 g/mol. The van der Waals surface area contributed by atoms with Crippen LogP contribution in [-0.4, -0.2) is 21.5 Å². The van der Waals surface area contributed by atoms with Crippen LogP contribution in [0.5, 0.6) is 0 Å². The zero-order valence-corrected chi connectivity index (χ0v) is 11.4. The molecule has 2 aromatic heterocycles. The SMILES string of the molecule is Cc1cc(CNCCn2ccnn2)sc1Br. The first-order chi connectivity index (χ1) is 7.75. The summed E-state index contributed by atoms with van der Waals surface area (Å²) in [6, 6.07) is 2.21. The minimum Gasteiger partial charge on any atom is -0.310 e. The van der Waals surface area contributed by atoms with Gasteiger partial charge in [0.2, 0.25) is 0 Å². The molecule has 16 heavy (non-hydrogen) atoms. The molecule has 0 bridgehead atoms. The van der Waals surface area contributed by atoms with Crippen molar-refractivity contribution >= 4 is 27.3 Å². The van der Waals surface area contributed by atoms with E-state index in [0.717, 1.165) is 19.6 Å². The van der Waals surface area contributed by atoms with Crippen LogP contribution >= 0.6 is 27.3 Å². The summed E-state index contributed by atoms with van der Waals surface area (Å²) in [4.78, 5) is 1.35. The minimum absolute atomic E-state index is 0.853. The van der Waals surface area contributed by atoms with Gasteiger partial charge in [0.05, 0.1) is 16.5 Å². The van der Waals surface area contributed by atoms with Crippen LogP contribution in [0.15, 0.2) is 22.2 Å². The van der Waals surface area contributed by atoms with Crippen LogP contribution in [0.25, 0.3) is 0 Å². The highest BCUT2D eigenvalue weighted by Crippen LogP contribution is 2.26. The molecule has 0 saturated heterocycles. The Labute approximate surface area is 107 Å². The van der Waals surface area contributed by atoms with E-state index in [1.54, 1.807) is 17.5 Å². The maximum atomic E-state index is 3.90. The zero-order valence-electron chi connectivity index (χ0n) is 8.98. The van der Waals surface area contributed by atoms with Crippen LogP contribution in [0, 0.1) is 6.92 Å². The fourth-order valence-corrected chi connectivity index (χ4v) is 2.97. The molecule has 2 heterocycles. The van der Waals surface area contributed by atoms with Gasteiger partial charge < -0.3 is 5.32 Å². The summed E-state index contributed by atoms with van der Waals surface area (Å²) in [5, 5.41) is 11.0. The third kappa shape index (κ3) is 3.13. The van der Waals surface area contributed by atoms with E-state index in [2.05, 4.69) is 44.5 Å². The van der Waals surface area contributed by atoms with E-state index < -0.39 is 0 Å². The van der Waals surface area contributed by atoms with Crippen LogP contribution in [0.4, 0.5) is 0 Å².